The minimum atomic E-state index is -6.86. The van der Waals surface area contributed by atoms with E-state index in [1.807, 2.05) is 6.92 Å². The Morgan fingerprint density at radius 3 is 1.64 bits per heavy atom. The fourth-order valence-corrected chi connectivity index (χ4v) is 2.63. The smallest absolute Gasteiger partial charge is 0.429 e. The van der Waals surface area contributed by atoms with Crippen molar-refractivity contribution in [3.63, 3.8) is 0 Å². The van der Waals surface area contributed by atoms with E-state index in [1.54, 1.807) is 6.92 Å². The number of alkyl halides is 9. The second-order valence-electron chi connectivity index (χ2n) is 6.16. The average molecular weight is 389 g/mol. The van der Waals surface area contributed by atoms with E-state index in [1.165, 1.54) is 0 Å². The van der Waals surface area contributed by atoms with Crippen molar-refractivity contribution in [2.45, 2.75) is 63.3 Å². The number of nitrogens with one attached hydrogen (secondary N) is 1. The highest BCUT2D eigenvalue weighted by molar-refractivity contribution is 5.69. The van der Waals surface area contributed by atoms with Crippen molar-refractivity contribution in [3.8, 4) is 0 Å². The fraction of sp³-hybridized carbons (Fsp3) is 0.923. The van der Waals surface area contributed by atoms with Gasteiger partial charge in [0.1, 0.15) is 6.10 Å². The number of carbonyl (C=O) groups is 1. The molecule has 0 saturated heterocycles. The van der Waals surface area contributed by atoms with E-state index >= 15 is 0 Å². The lowest BCUT2D eigenvalue weighted by Crippen LogP contribution is -2.75. The zero-order chi connectivity index (χ0) is 19.8. The van der Waals surface area contributed by atoms with Crippen molar-refractivity contribution < 1.29 is 49.0 Å². The molecule has 0 bridgehead atoms. The van der Waals surface area contributed by atoms with Crippen LogP contribution in [-0.4, -0.2) is 36.3 Å². The fourth-order valence-electron chi connectivity index (χ4n) is 2.63. The molecule has 0 aliphatic heterocycles. The van der Waals surface area contributed by atoms with E-state index in [0.717, 1.165) is 0 Å². The Morgan fingerprint density at radius 2 is 1.28 bits per heavy atom. The van der Waals surface area contributed by atoms with Gasteiger partial charge in [0.15, 0.2) is 0 Å². The summed E-state index contributed by atoms with van der Waals surface area (Å²) in [5.74, 6) is 0.131. The van der Waals surface area contributed by atoms with Gasteiger partial charge in [-0.25, -0.2) is 4.79 Å². The van der Waals surface area contributed by atoms with Crippen LogP contribution in [0.3, 0.4) is 0 Å². The van der Waals surface area contributed by atoms with Gasteiger partial charge in [-0.1, -0.05) is 13.8 Å². The quantitative estimate of drug-likeness (QED) is 0.678. The first-order valence-corrected chi connectivity index (χ1v) is 7.22. The molecule has 1 amide bonds. The van der Waals surface area contributed by atoms with Gasteiger partial charge in [-0.2, -0.15) is 39.5 Å². The van der Waals surface area contributed by atoms with E-state index in [4.69, 9.17) is 0 Å². The van der Waals surface area contributed by atoms with Gasteiger partial charge < -0.3 is 4.74 Å². The SMILES string of the molecule is C[C@@H]1CC[C@@H](OC(=O)NC(C(F)(F)F)(C(F)(F)F)C(F)(F)F)C[C@@H]1C. The molecule has 3 nitrogen and oxygen atoms in total. The normalized spacial score (nSPS) is 26.3. The maximum atomic E-state index is 12.7. The van der Waals surface area contributed by atoms with Crippen molar-refractivity contribution in [2.24, 2.45) is 11.8 Å². The number of ether oxygens (including phenoxy) is 1. The van der Waals surface area contributed by atoms with E-state index < -0.39 is 36.3 Å². The summed E-state index contributed by atoms with van der Waals surface area (Å²) in [6.45, 7) is 3.58. The summed E-state index contributed by atoms with van der Waals surface area (Å²) < 4.78 is 119. The molecule has 1 saturated carbocycles. The lowest BCUT2D eigenvalue weighted by atomic mass is 9.80. The van der Waals surface area contributed by atoms with Crippen LogP contribution in [0, 0.1) is 11.8 Å². The van der Waals surface area contributed by atoms with E-state index in [9.17, 15) is 44.3 Å². The Kier molecular flexibility index (Phi) is 5.85. The van der Waals surface area contributed by atoms with Gasteiger partial charge in [-0.05, 0) is 31.1 Å². The standard InChI is InChI=1S/C13H16F9NO2/c1-6-3-4-8(5-7(6)2)25-9(24)23-10(11(14,15)16,12(17,18)19)13(20,21)22/h6-8H,3-5H2,1-2H3,(H,23,24)/t6-,7+,8-/m1/s1. The van der Waals surface area contributed by atoms with Crippen molar-refractivity contribution in [1.29, 1.82) is 0 Å². The molecule has 1 fully saturated rings. The van der Waals surface area contributed by atoms with E-state index in [0.29, 0.717) is 6.42 Å². The summed E-state index contributed by atoms with van der Waals surface area (Å²) in [5, 5.41) is -0.0124. The largest absolute Gasteiger partial charge is 0.446 e. The van der Waals surface area contributed by atoms with Crippen LogP contribution in [0.25, 0.3) is 0 Å². The Balaban J connectivity index is 3.05. The molecule has 0 radical (unpaired) electrons. The van der Waals surface area contributed by atoms with E-state index in [-0.39, 0.29) is 30.0 Å². The van der Waals surface area contributed by atoms with Crippen LogP contribution < -0.4 is 5.32 Å². The monoisotopic (exact) mass is 389 g/mol. The van der Waals surface area contributed by atoms with Crippen molar-refractivity contribution in [2.75, 3.05) is 0 Å². The summed E-state index contributed by atoms with van der Waals surface area (Å²) in [7, 11) is 0. The van der Waals surface area contributed by atoms with Gasteiger partial charge in [0.05, 0.1) is 0 Å². The van der Waals surface area contributed by atoms with Crippen LogP contribution in [0.1, 0.15) is 33.1 Å². The summed E-state index contributed by atoms with van der Waals surface area (Å²) in [5.41, 5.74) is -6.41. The van der Waals surface area contributed by atoms with Gasteiger partial charge in [-0.15, -0.1) is 0 Å². The number of alkyl carbamates (subject to hydrolysis) is 1. The zero-order valence-corrected chi connectivity index (χ0v) is 13.1. The topological polar surface area (TPSA) is 38.3 Å². The maximum Gasteiger partial charge on any atom is 0.429 e. The van der Waals surface area contributed by atoms with Gasteiger partial charge in [0, 0.05) is 0 Å². The van der Waals surface area contributed by atoms with Crippen LogP contribution in [0.2, 0.25) is 0 Å². The molecule has 1 N–H and O–H groups in total. The molecule has 3 atom stereocenters. The molecule has 0 unspecified atom stereocenters. The lowest BCUT2D eigenvalue weighted by molar-refractivity contribution is -0.387. The average Bonchev–Trinajstić information content (AvgIpc) is 2.36. The Bertz CT molecular complexity index is 447. The van der Waals surface area contributed by atoms with Crippen molar-refractivity contribution in [1.82, 2.24) is 5.32 Å². The molecule has 0 aromatic carbocycles. The van der Waals surface area contributed by atoms with Gasteiger partial charge >= 0.3 is 30.2 Å². The first-order chi connectivity index (χ1) is 11.0. The minimum Gasteiger partial charge on any atom is -0.446 e. The van der Waals surface area contributed by atoms with Crippen LogP contribution in [0.4, 0.5) is 44.3 Å². The summed E-state index contributed by atoms with van der Waals surface area (Å²) in [6.07, 6.45) is -23.3. The second-order valence-corrected chi connectivity index (χ2v) is 6.16. The van der Waals surface area contributed by atoms with Crippen LogP contribution in [0.5, 0.6) is 0 Å². The molecule has 0 heterocycles. The van der Waals surface area contributed by atoms with Gasteiger partial charge in [0.2, 0.25) is 0 Å². The third kappa shape index (κ3) is 4.25. The molecule has 0 aromatic rings. The molecule has 1 rings (SSSR count). The van der Waals surface area contributed by atoms with Gasteiger partial charge in [0.25, 0.3) is 0 Å². The van der Waals surface area contributed by atoms with Crippen molar-refractivity contribution in [3.05, 3.63) is 0 Å². The molecular weight excluding hydrogens is 373 g/mol. The molecular formula is C13H16F9NO2. The van der Waals surface area contributed by atoms with E-state index in [2.05, 4.69) is 4.74 Å². The van der Waals surface area contributed by atoms with Crippen molar-refractivity contribution >= 4 is 6.09 Å². The maximum absolute atomic E-state index is 12.7. The molecule has 1 aliphatic rings. The number of hydrogen-bond donors (Lipinski definition) is 1. The summed E-state index contributed by atoms with van der Waals surface area (Å²) in [6, 6.07) is 0. The first kappa shape index (κ1) is 21.7. The number of hydrogen-bond acceptors (Lipinski definition) is 2. The first-order valence-electron chi connectivity index (χ1n) is 7.22. The Labute approximate surface area is 136 Å². The minimum absolute atomic E-state index is 0.0124. The third-order valence-corrected chi connectivity index (χ3v) is 4.39. The highest BCUT2D eigenvalue weighted by Crippen LogP contribution is 2.52. The van der Waals surface area contributed by atoms with Crippen LogP contribution in [0.15, 0.2) is 0 Å². The van der Waals surface area contributed by atoms with Crippen LogP contribution >= 0.6 is 0 Å². The Hall–Kier alpha value is -1.36. The lowest BCUT2D eigenvalue weighted by Gasteiger charge is -2.39. The second kappa shape index (κ2) is 6.75. The molecule has 148 valence electrons. The number of halogens is 9. The Morgan fingerprint density at radius 1 is 0.840 bits per heavy atom. The highest BCUT2D eigenvalue weighted by Gasteiger charge is 2.85. The number of carbonyl (C=O) groups excluding carboxylic acids is 1. The molecule has 1 aliphatic carbocycles. The predicted molar refractivity (Wildman–Crippen MR) is 66.5 cm³/mol. The molecule has 25 heavy (non-hydrogen) atoms. The zero-order valence-electron chi connectivity index (χ0n) is 13.1. The third-order valence-electron chi connectivity index (χ3n) is 4.39. The molecule has 0 spiro atoms. The predicted octanol–water partition coefficient (Wildman–Crippen LogP) is 4.96. The number of rotatable bonds is 2. The highest BCUT2D eigenvalue weighted by atomic mass is 19.4. The summed E-state index contributed by atoms with van der Waals surface area (Å²) >= 11 is 0. The van der Waals surface area contributed by atoms with Crippen LogP contribution in [-0.2, 0) is 4.74 Å². The van der Waals surface area contributed by atoms with Gasteiger partial charge in [-0.3, -0.25) is 5.32 Å². The summed E-state index contributed by atoms with van der Waals surface area (Å²) in [4.78, 5) is 11.4. The number of amides is 1. The molecule has 12 heteroatoms. The molecule has 0 aromatic heterocycles.